The number of anilines is 1. The van der Waals surface area contributed by atoms with Crippen molar-refractivity contribution in [3.8, 4) is 29.0 Å². The molecule has 5 heterocycles. The quantitative estimate of drug-likeness (QED) is 0.0573. The van der Waals surface area contributed by atoms with Crippen LogP contribution in [0.3, 0.4) is 0 Å². The van der Waals surface area contributed by atoms with Gasteiger partial charge in [-0.25, -0.2) is 22.5 Å². The molecule has 1 spiro atoms. The Bertz CT molecular complexity index is 3240. The van der Waals surface area contributed by atoms with Gasteiger partial charge in [0.05, 0.1) is 48.5 Å². The van der Waals surface area contributed by atoms with Crippen LogP contribution in [-0.2, 0) is 16.6 Å². The van der Waals surface area contributed by atoms with E-state index in [-0.39, 0.29) is 63.8 Å². The van der Waals surface area contributed by atoms with Crippen molar-refractivity contribution in [3.63, 3.8) is 0 Å². The van der Waals surface area contributed by atoms with Crippen molar-refractivity contribution in [2.24, 2.45) is 11.3 Å². The molecule has 2 aliphatic heterocycles. The number of benzene rings is 3. The number of aromatic nitrogens is 3. The summed E-state index contributed by atoms with van der Waals surface area (Å²) in [5, 5.41) is 22.6. The number of H-pyrrole nitrogens is 1. The molecule has 4 fully saturated rings. The van der Waals surface area contributed by atoms with Crippen LogP contribution in [0.15, 0.2) is 96.2 Å². The number of pyridine rings is 2. The maximum Gasteiger partial charge on any atom is 0.332 e. The molecule has 4 aliphatic rings. The van der Waals surface area contributed by atoms with Gasteiger partial charge in [0, 0.05) is 81.4 Å². The number of aromatic amines is 1. The lowest BCUT2D eigenvalue weighted by Gasteiger charge is -2.58. The van der Waals surface area contributed by atoms with Crippen LogP contribution in [0, 0.1) is 27.3 Å². The number of fused-ring (bicyclic) bond motifs is 1. The fraction of sp³-hybridized carbons (Fsp3) is 0.456. The molecule has 2 aliphatic carbocycles. The molecule has 0 unspecified atom stereocenters. The molecule has 2 saturated carbocycles. The summed E-state index contributed by atoms with van der Waals surface area (Å²) in [5.74, 6) is -0.916. The summed E-state index contributed by atoms with van der Waals surface area (Å²) in [7, 11) is -1.72. The number of hydrogen-bond acceptors (Lipinski definition) is 15. The van der Waals surface area contributed by atoms with E-state index >= 15 is 0 Å². The predicted molar refractivity (Wildman–Crippen MR) is 288 cm³/mol. The molecular formula is C57H67FN8O10S. The first-order chi connectivity index (χ1) is 36.9. The van der Waals surface area contributed by atoms with Crippen LogP contribution in [-0.4, -0.2) is 114 Å². The number of hydrogen-bond donors (Lipinski definition) is 3. The fourth-order valence-electron chi connectivity index (χ4n) is 11.9. The van der Waals surface area contributed by atoms with Crippen molar-refractivity contribution in [2.45, 2.75) is 107 Å². The lowest BCUT2D eigenvalue weighted by molar-refractivity contribution is -0.386. The number of methoxy groups -OCH3 is 2. The first kappa shape index (κ1) is 53.5. The number of nitrogens with zero attached hydrogens (tertiary/aromatic N) is 6. The minimum Gasteiger partial charge on any atom is -0.497 e. The molecule has 18 nitrogen and oxygen atoms in total. The van der Waals surface area contributed by atoms with Crippen molar-refractivity contribution in [3.05, 3.63) is 129 Å². The maximum atomic E-state index is 14.9. The molecule has 2 saturated heterocycles. The minimum absolute atomic E-state index is 0.0196. The highest BCUT2D eigenvalue weighted by atomic mass is 32.2. The minimum atomic E-state index is -4.77. The smallest absolute Gasteiger partial charge is 0.332 e. The number of piperazine rings is 1. The number of ether oxygens (including phenoxy) is 4. The second kappa shape index (κ2) is 21.9. The topological polar surface area (TPSA) is 215 Å². The highest BCUT2D eigenvalue weighted by molar-refractivity contribution is 7.90. The molecule has 3 N–H and O–H groups in total. The summed E-state index contributed by atoms with van der Waals surface area (Å²) in [4.78, 5) is 43.6. The molecule has 6 aromatic rings. The van der Waals surface area contributed by atoms with Crippen molar-refractivity contribution < 1.29 is 46.6 Å². The average Bonchev–Trinajstić information content (AvgIpc) is 3.82. The van der Waals surface area contributed by atoms with Crippen LogP contribution in [0.5, 0.6) is 29.0 Å². The van der Waals surface area contributed by atoms with E-state index in [0.29, 0.717) is 37.6 Å². The Hall–Kier alpha value is -6.87. The molecule has 3 aromatic carbocycles. The third-order valence-corrected chi connectivity index (χ3v) is 17.7. The van der Waals surface area contributed by atoms with Gasteiger partial charge in [0.2, 0.25) is 0 Å². The Balaban J connectivity index is 0.856. The van der Waals surface area contributed by atoms with Gasteiger partial charge in [-0.1, -0.05) is 50.2 Å². The number of nitrogens with one attached hydrogen (secondary N) is 2. The number of carbonyl (C=O) groups excluding carboxylic acids is 1. The van der Waals surface area contributed by atoms with Crippen molar-refractivity contribution in [2.75, 3.05) is 58.5 Å². The zero-order valence-electron chi connectivity index (χ0n) is 44.2. The van der Waals surface area contributed by atoms with E-state index in [1.54, 1.807) is 26.2 Å². The van der Waals surface area contributed by atoms with Crippen LogP contribution in [0.4, 0.5) is 15.8 Å². The van der Waals surface area contributed by atoms with Crippen LogP contribution in [0.2, 0.25) is 0 Å². The fourth-order valence-corrected chi connectivity index (χ4v) is 12.8. The van der Waals surface area contributed by atoms with Crippen molar-refractivity contribution in [1.29, 1.82) is 0 Å². The molecule has 3 aromatic heterocycles. The number of rotatable bonds is 17. The van der Waals surface area contributed by atoms with Crippen LogP contribution < -0.4 is 28.6 Å². The lowest BCUT2D eigenvalue weighted by Crippen LogP contribution is -2.60. The Morgan fingerprint density at radius 2 is 1.69 bits per heavy atom. The number of sulfonamides is 1. The van der Waals surface area contributed by atoms with Gasteiger partial charge < -0.3 is 33.9 Å². The summed E-state index contributed by atoms with van der Waals surface area (Å²) in [6.07, 6.45) is 8.51. The first-order valence-electron chi connectivity index (χ1n) is 26.5. The Morgan fingerprint density at radius 3 is 2.39 bits per heavy atom. The maximum absolute atomic E-state index is 14.9. The second-order valence-corrected chi connectivity index (χ2v) is 23.6. The molecule has 20 heteroatoms. The van der Waals surface area contributed by atoms with Gasteiger partial charge in [0.1, 0.15) is 27.9 Å². The third kappa shape index (κ3) is 11.6. The predicted octanol–water partition coefficient (Wildman–Crippen LogP) is 9.68. The van der Waals surface area contributed by atoms with Gasteiger partial charge in [-0.2, -0.15) is 4.98 Å². The molecule has 1 amide bonds. The summed E-state index contributed by atoms with van der Waals surface area (Å²) in [6, 6.07) is 25.0. The van der Waals surface area contributed by atoms with Crippen LogP contribution >= 0.6 is 0 Å². The van der Waals surface area contributed by atoms with Crippen molar-refractivity contribution >= 4 is 38.3 Å². The summed E-state index contributed by atoms with van der Waals surface area (Å²) >= 11 is 0. The highest BCUT2D eigenvalue weighted by Gasteiger charge is 2.50. The molecule has 0 bridgehead atoms. The number of halogens is 1. The summed E-state index contributed by atoms with van der Waals surface area (Å²) in [6.45, 7) is 11.6. The molecule has 408 valence electrons. The molecule has 77 heavy (non-hydrogen) atoms. The number of amides is 1. The van der Waals surface area contributed by atoms with E-state index in [0.717, 1.165) is 94.8 Å². The van der Waals surface area contributed by atoms with E-state index in [1.165, 1.54) is 35.9 Å². The van der Waals surface area contributed by atoms with E-state index in [2.05, 4.69) is 79.9 Å². The van der Waals surface area contributed by atoms with Gasteiger partial charge in [0.15, 0.2) is 5.75 Å². The number of aliphatic hydroxyl groups is 1. The second-order valence-electron chi connectivity index (χ2n) is 21.9. The molecule has 10 rings (SSSR count). The number of carbonyl (C=O) groups is 1. The summed E-state index contributed by atoms with van der Waals surface area (Å²) in [5.41, 5.74) is 3.47. The average molecular weight is 1080 g/mol. The van der Waals surface area contributed by atoms with Crippen LogP contribution in [0.25, 0.3) is 11.0 Å². The van der Waals surface area contributed by atoms with Crippen molar-refractivity contribution in [1.82, 2.24) is 29.5 Å². The first-order valence-corrected chi connectivity index (χ1v) is 27.9. The van der Waals surface area contributed by atoms with Gasteiger partial charge in [-0.15, -0.1) is 0 Å². The molecule has 1 atom stereocenters. The van der Waals surface area contributed by atoms with Gasteiger partial charge in [-0.05, 0) is 116 Å². The zero-order chi connectivity index (χ0) is 54.2. The van der Waals surface area contributed by atoms with E-state index in [1.807, 2.05) is 16.9 Å². The monoisotopic (exact) mass is 1070 g/mol. The Morgan fingerprint density at radius 1 is 0.948 bits per heavy atom. The number of piperidine rings is 1. The van der Waals surface area contributed by atoms with E-state index in [9.17, 15) is 32.8 Å². The Labute approximate surface area is 448 Å². The highest BCUT2D eigenvalue weighted by Crippen LogP contribution is 2.53. The van der Waals surface area contributed by atoms with Crippen LogP contribution in [0.1, 0.15) is 111 Å². The summed E-state index contributed by atoms with van der Waals surface area (Å²) < 4.78 is 67.7. The molecule has 0 radical (unpaired) electrons. The SMILES string of the molecule is COc1ccc(CN2CCN(C3CC4(CCN(c5ccc(C(=O)NS(=O)(=O)c6cnc(OCC7CCC(C)(O)CC7)c([N+](=O)[O-])c6)c(Oc6cc7c(F)c[nH]c7nc6OC)c5)CC4)C3)[C@H](c3ccccc3C(C)C)C2)cc1. The zero-order valence-corrected chi connectivity index (χ0v) is 45.0. The van der Waals surface area contributed by atoms with E-state index in [4.69, 9.17) is 18.9 Å². The standard InChI is InChI=1S/C57H67FN8O10S/c1-36(2)43-8-6-7-9-44(43)49-34-63(33-37-10-13-41(73-4)14-11-37)24-25-65(49)40-29-57(30-40)20-22-64(23-21-57)39-12-15-45(50(26-39)76-51-28-46-47(58)32-59-52(46)61-55(51)74-5)53(67)62-77(71,72)42-27-48(66(69)70)54(60-31-42)75-35-38-16-18-56(3,68)19-17-38/h6-15,26-28,31-32,36,38,40,49,68H,16-25,29-30,33-35H2,1-5H3,(H,59,61)(H,62,67)/t38?,49-,56?/m0/s1. The van der Waals surface area contributed by atoms with Gasteiger partial charge in [-0.3, -0.25) is 24.7 Å². The largest absolute Gasteiger partial charge is 0.497 e. The normalized spacial score (nSPS) is 21.2. The lowest BCUT2D eigenvalue weighted by atomic mass is 9.59. The van der Waals surface area contributed by atoms with E-state index < -0.39 is 42.9 Å². The number of nitro groups is 1. The third-order valence-electron chi connectivity index (χ3n) is 16.4. The van der Waals surface area contributed by atoms with Gasteiger partial charge in [0.25, 0.3) is 27.7 Å². The Kier molecular flexibility index (Phi) is 15.2. The van der Waals surface area contributed by atoms with Gasteiger partial charge >= 0.3 is 5.69 Å². The molecular weight excluding hydrogens is 1010 g/mol.